The van der Waals surface area contributed by atoms with E-state index in [1.807, 2.05) is 37.3 Å². The lowest BCUT2D eigenvalue weighted by atomic mass is 10.1. The number of aromatic nitrogens is 4. The van der Waals surface area contributed by atoms with Gasteiger partial charge in [0.05, 0.1) is 12.9 Å². The standard InChI is InChI=1S/C21H26N6O4/c1-5-25-13-22-17-16(25)18(29)27(12-15(28)23-19(30)24-21(2,3)4)20(31)26(17)11-14-9-7-6-8-10-14/h6-10,13H,5,11-12H2,1-4H3,(H2,23,24,28,30). The van der Waals surface area contributed by atoms with E-state index in [1.54, 1.807) is 25.3 Å². The number of imidazole rings is 1. The van der Waals surface area contributed by atoms with Crippen molar-refractivity contribution >= 4 is 23.1 Å². The van der Waals surface area contributed by atoms with Crippen LogP contribution in [0.1, 0.15) is 33.3 Å². The number of rotatable bonds is 5. The summed E-state index contributed by atoms with van der Waals surface area (Å²) in [5, 5.41) is 4.76. The lowest BCUT2D eigenvalue weighted by Crippen LogP contribution is -2.50. The van der Waals surface area contributed by atoms with Crippen molar-refractivity contribution < 1.29 is 9.59 Å². The van der Waals surface area contributed by atoms with Crippen molar-refractivity contribution in [1.82, 2.24) is 29.3 Å². The van der Waals surface area contributed by atoms with Gasteiger partial charge in [0.1, 0.15) is 6.54 Å². The molecule has 10 nitrogen and oxygen atoms in total. The minimum atomic E-state index is -0.769. The van der Waals surface area contributed by atoms with Crippen LogP contribution in [0.2, 0.25) is 0 Å². The van der Waals surface area contributed by atoms with Crippen LogP contribution in [0.5, 0.6) is 0 Å². The zero-order valence-electron chi connectivity index (χ0n) is 18.0. The fraction of sp³-hybridized carbons (Fsp3) is 0.381. The van der Waals surface area contributed by atoms with E-state index in [4.69, 9.17) is 0 Å². The third-order valence-corrected chi connectivity index (χ3v) is 4.55. The van der Waals surface area contributed by atoms with Crippen molar-refractivity contribution in [2.75, 3.05) is 0 Å². The first-order valence-corrected chi connectivity index (χ1v) is 9.95. The van der Waals surface area contributed by atoms with Gasteiger partial charge in [-0.15, -0.1) is 0 Å². The Morgan fingerprint density at radius 1 is 1.06 bits per heavy atom. The lowest BCUT2D eigenvalue weighted by molar-refractivity contribution is -0.120. The summed E-state index contributed by atoms with van der Waals surface area (Å²) in [6, 6.07) is 8.57. The van der Waals surface area contributed by atoms with Gasteiger partial charge in [0.2, 0.25) is 5.91 Å². The highest BCUT2D eigenvalue weighted by Gasteiger charge is 2.21. The molecular weight excluding hydrogens is 400 g/mol. The second-order valence-electron chi connectivity index (χ2n) is 8.20. The molecule has 31 heavy (non-hydrogen) atoms. The van der Waals surface area contributed by atoms with Crippen molar-refractivity contribution in [3.8, 4) is 0 Å². The quantitative estimate of drug-likeness (QED) is 0.632. The first-order valence-electron chi connectivity index (χ1n) is 9.95. The highest BCUT2D eigenvalue weighted by Crippen LogP contribution is 2.09. The first kappa shape index (κ1) is 22.0. The number of fused-ring (bicyclic) bond motifs is 1. The highest BCUT2D eigenvalue weighted by atomic mass is 16.2. The Morgan fingerprint density at radius 3 is 2.35 bits per heavy atom. The van der Waals surface area contributed by atoms with Gasteiger partial charge in [-0.1, -0.05) is 30.3 Å². The minimum absolute atomic E-state index is 0.184. The molecule has 10 heteroatoms. The van der Waals surface area contributed by atoms with Crippen LogP contribution < -0.4 is 21.9 Å². The number of hydrogen-bond acceptors (Lipinski definition) is 5. The zero-order valence-corrected chi connectivity index (χ0v) is 18.0. The minimum Gasteiger partial charge on any atom is -0.333 e. The summed E-state index contributed by atoms with van der Waals surface area (Å²) in [4.78, 5) is 54.9. The number of benzene rings is 1. The van der Waals surface area contributed by atoms with E-state index in [0.29, 0.717) is 6.54 Å². The molecular formula is C21H26N6O4. The Balaban J connectivity index is 2.03. The number of nitrogens with one attached hydrogen (secondary N) is 2. The summed E-state index contributed by atoms with van der Waals surface area (Å²) in [6.45, 7) is 7.21. The molecule has 0 saturated carbocycles. The average molecular weight is 426 g/mol. The van der Waals surface area contributed by atoms with E-state index in [1.165, 1.54) is 10.9 Å². The second kappa shape index (κ2) is 8.58. The zero-order chi connectivity index (χ0) is 22.8. The van der Waals surface area contributed by atoms with Crippen molar-refractivity contribution in [2.24, 2.45) is 0 Å². The van der Waals surface area contributed by atoms with E-state index in [9.17, 15) is 19.2 Å². The summed E-state index contributed by atoms with van der Waals surface area (Å²) < 4.78 is 3.82. The van der Waals surface area contributed by atoms with Crippen LogP contribution in [0.15, 0.2) is 46.2 Å². The maximum absolute atomic E-state index is 13.2. The molecule has 0 atom stereocenters. The summed E-state index contributed by atoms with van der Waals surface area (Å²) in [6.07, 6.45) is 1.49. The fourth-order valence-electron chi connectivity index (χ4n) is 3.21. The summed E-state index contributed by atoms with van der Waals surface area (Å²) in [5.41, 5.74) is -0.524. The van der Waals surface area contributed by atoms with Crippen LogP contribution >= 0.6 is 0 Å². The Bertz CT molecular complexity index is 1230. The third-order valence-electron chi connectivity index (χ3n) is 4.55. The summed E-state index contributed by atoms with van der Waals surface area (Å²) in [5.74, 6) is -0.769. The predicted octanol–water partition coefficient (Wildman–Crippen LogP) is 1.05. The smallest absolute Gasteiger partial charge is 0.333 e. The number of urea groups is 1. The first-order chi connectivity index (χ1) is 14.6. The van der Waals surface area contributed by atoms with Crippen molar-refractivity contribution in [3.05, 3.63) is 63.1 Å². The average Bonchev–Trinajstić information content (AvgIpc) is 3.12. The molecule has 164 valence electrons. The van der Waals surface area contributed by atoms with E-state index in [2.05, 4.69) is 15.6 Å². The Kier molecular flexibility index (Phi) is 6.09. The van der Waals surface area contributed by atoms with Gasteiger partial charge in [-0.25, -0.2) is 19.1 Å². The van der Waals surface area contributed by atoms with Gasteiger partial charge in [0, 0.05) is 12.1 Å². The van der Waals surface area contributed by atoms with Gasteiger partial charge < -0.3 is 9.88 Å². The molecule has 3 amide bonds. The monoisotopic (exact) mass is 426 g/mol. The largest absolute Gasteiger partial charge is 0.333 e. The number of carbonyl (C=O) groups excluding carboxylic acids is 2. The molecule has 2 aromatic heterocycles. The molecule has 3 rings (SSSR count). The number of amides is 3. The number of aryl methyl sites for hydroxylation is 1. The van der Waals surface area contributed by atoms with Gasteiger partial charge in [0.25, 0.3) is 5.56 Å². The van der Waals surface area contributed by atoms with Crippen LogP contribution in [-0.2, 0) is 24.4 Å². The van der Waals surface area contributed by atoms with Crippen LogP contribution in [0.3, 0.4) is 0 Å². The summed E-state index contributed by atoms with van der Waals surface area (Å²) in [7, 11) is 0. The topological polar surface area (TPSA) is 120 Å². The van der Waals surface area contributed by atoms with Gasteiger partial charge >= 0.3 is 11.7 Å². The van der Waals surface area contributed by atoms with Crippen molar-refractivity contribution in [2.45, 2.75) is 52.9 Å². The Labute approximate surface area is 178 Å². The van der Waals surface area contributed by atoms with Gasteiger partial charge in [0.15, 0.2) is 11.2 Å². The lowest BCUT2D eigenvalue weighted by Gasteiger charge is -2.20. The van der Waals surface area contributed by atoms with Gasteiger partial charge in [-0.2, -0.15) is 0 Å². The molecule has 0 aliphatic heterocycles. The molecule has 2 N–H and O–H groups in total. The number of nitrogens with zero attached hydrogens (tertiary/aromatic N) is 4. The molecule has 0 saturated heterocycles. The van der Waals surface area contributed by atoms with Crippen molar-refractivity contribution in [1.29, 1.82) is 0 Å². The molecule has 2 heterocycles. The van der Waals surface area contributed by atoms with Crippen LogP contribution in [0.25, 0.3) is 11.2 Å². The maximum Gasteiger partial charge on any atom is 0.333 e. The number of hydrogen-bond donors (Lipinski definition) is 2. The van der Waals surface area contributed by atoms with Gasteiger partial charge in [-0.05, 0) is 33.3 Å². The highest BCUT2D eigenvalue weighted by molar-refractivity contribution is 5.94. The fourth-order valence-corrected chi connectivity index (χ4v) is 3.21. The Morgan fingerprint density at radius 2 is 1.74 bits per heavy atom. The van der Waals surface area contributed by atoms with Crippen molar-refractivity contribution in [3.63, 3.8) is 0 Å². The molecule has 0 bridgehead atoms. The van der Waals surface area contributed by atoms with E-state index >= 15 is 0 Å². The Hall–Kier alpha value is -3.69. The molecule has 0 unspecified atom stereocenters. The maximum atomic E-state index is 13.2. The SMILES string of the molecule is CCn1cnc2c1c(=O)n(CC(=O)NC(=O)NC(C)(C)C)c(=O)n2Cc1ccccc1. The van der Waals surface area contributed by atoms with E-state index in [-0.39, 0.29) is 17.7 Å². The summed E-state index contributed by atoms with van der Waals surface area (Å²) >= 11 is 0. The molecule has 0 spiro atoms. The third kappa shape index (κ3) is 4.90. The van der Waals surface area contributed by atoms with Crippen LogP contribution in [-0.4, -0.2) is 36.2 Å². The molecule has 0 radical (unpaired) electrons. The van der Waals surface area contributed by atoms with Crippen LogP contribution in [0.4, 0.5) is 4.79 Å². The van der Waals surface area contributed by atoms with E-state index < -0.39 is 35.3 Å². The number of imide groups is 1. The molecule has 3 aromatic rings. The molecule has 0 fully saturated rings. The van der Waals surface area contributed by atoms with Crippen LogP contribution in [0, 0.1) is 0 Å². The normalized spacial score (nSPS) is 11.5. The second-order valence-corrected chi connectivity index (χ2v) is 8.20. The predicted molar refractivity (Wildman–Crippen MR) is 116 cm³/mol. The van der Waals surface area contributed by atoms with Gasteiger partial charge in [-0.3, -0.25) is 19.5 Å². The van der Waals surface area contributed by atoms with E-state index in [0.717, 1.165) is 10.1 Å². The molecule has 0 aliphatic carbocycles. The number of carbonyl (C=O) groups is 2. The molecule has 0 aliphatic rings. The molecule has 1 aromatic carbocycles.